The van der Waals surface area contributed by atoms with E-state index in [2.05, 4.69) is 19.1 Å². The number of hydrogen-bond acceptors (Lipinski definition) is 3. The van der Waals surface area contributed by atoms with Gasteiger partial charge in [0, 0.05) is 22.6 Å². The molecule has 3 nitrogen and oxygen atoms in total. The average molecular weight is 351 g/mol. The standard InChI is InChI=1S/C23H29NO2/c1-21-8-6-17-16-5-3-15(24)12-14(16)2-4-18(17)19(21)13-22(10-11-22)23(21)9-7-20(25)26-23/h7,9,12,17-19H,2-6,8,10-11,13,24H2,1H3/t17?,18?,19?,21-,23+/m0/s1. The molecule has 138 valence electrons. The zero-order chi connectivity index (χ0) is 17.7. The van der Waals surface area contributed by atoms with Crippen molar-refractivity contribution < 1.29 is 9.53 Å². The van der Waals surface area contributed by atoms with Crippen LogP contribution in [0.15, 0.2) is 35.1 Å². The van der Waals surface area contributed by atoms with Gasteiger partial charge in [-0.25, -0.2) is 4.79 Å². The van der Waals surface area contributed by atoms with E-state index >= 15 is 0 Å². The fourth-order valence-electron chi connectivity index (χ4n) is 8.00. The highest BCUT2D eigenvalue weighted by molar-refractivity contribution is 5.86. The van der Waals surface area contributed by atoms with E-state index in [1.165, 1.54) is 51.4 Å². The van der Waals surface area contributed by atoms with E-state index in [1.54, 1.807) is 17.2 Å². The third-order valence-corrected chi connectivity index (χ3v) is 9.29. The lowest BCUT2D eigenvalue weighted by atomic mass is 9.52. The molecular formula is C23H29NO2. The third-order valence-electron chi connectivity index (χ3n) is 9.29. The molecule has 0 aromatic rings. The normalized spacial score (nSPS) is 47.5. The van der Waals surface area contributed by atoms with Crippen molar-refractivity contribution in [3.05, 3.63) is 35.1 Å². The molecular weight excluding hydrogens is 322 g/mol. The quantitative estimate of drug-likeness (QED) is 0.658. The Hall–Kier alpha value is -1.51. The Morgan fingerprint density at radius 2 is 2.00 bits per heavy atom. The predicted molar refractivity (Wildman–Crippen MR) is 99.8 cm³/mol. The second-order valence-corrected chi connectivity index (χ2v) is 10.1. The lowest BCUT2D eigenvalue weighted by molar-refractivity contribution is -0.167. The molecule has 6 aliphatic rings. The maximum absolute atomic E-state index is 12.1. The van der Waals surface area contributed by atoms with Gasteiger partial charge >= 0.3 is 5.97 Å². The van der Waals surface area contributed by atoms with Crippen LogP contribution in [-0.4, -0.2) is 11.6 Å². The smallest absolute Gasteiger partial charge is 0.331 e. The highest BCUT2D eigenvalue weighted by atomic mass is 16.6. The zero-order valence-electron chi connectivity index (χ0n) is 15.7. The van der Waals surface area contributed by atoms with Crippen molar-refractivity contribution in [3.8, 4) is 0 Å². The molecule has 26 heavy (non-hydrogen) atoms. The number of allylic oxidation sites excluding steroid dienone is 4. The molecule has 5 aliphatic carbocycles. The maximum Gasteiger partial charge on any atom is 0.331 e. The van der Waals surface area contributed by atoms with Gasteiger partial charge in [0.2, 0.25) is 0 Å². The monoisotopic (exact) mass is 351 g/mol. The molecule has 0 saturated heterocycles. The minimum absolute atomic E-state index is 0.109. The molecule has 0 aromatic carbocycles. The second-order valence-electron chi connectivity index (χ2n) is 10.1. The summed E-state index contributed by atoms with van der Waals surface area (Å²) in [5, 5.41) is 0. The average Bonchev–Trinajstić information content (AvgIpc) is 3.24. The third kappa shape index (κ3) is 1.64. The van der Waals surface area contributed by atoms with Crippen molar-refractivity contribution in [1.82, 2.24) is 0 Å². The van der Waals surface area contributed by atoms with Gasteiger partial charge in [-0.05, 0) is 93.3 Å². The molecule has 6 rings (SSSR count). The van der Waals surface area contributed by atoms with Crippen LogP contribution >= 0.6 is 0 Å². The molecule has 0 bridgehead atoms. The van der Waals surface area contributed by atoms with Gasteiger partial charge in [0.05, 0.1) is 0 Å². The molecule has 2 spiro atoms. The molecule has 3 unspecified atom stereocenters. The first kappa shape index (κ1) is 15.5. The molecule has 3 fully saturated rings. The number of hydrogen-bond donors (Lipinski definition) is 1. The van der Waals surface area contributed by atoms with E-state index in [0.717, 1.165) is 24.0 Å². The maximum atomic E-state index is 12.1. The largest absolute Gasteiger partial charge is 0.450 e. The molecule has 1 heterocycles. The number of rotatable bonds is 0. The Balaban J connectivity index is 1.41. The zero-order valence-corrected chi connectivity index (χ0v) is 15.7. The molecule has 1 aliphatic heterocycles. The van der Waals surface area contributed by atoms with E-state index in [9.17, 15) is 4.79 Å². The van der Waals surface area contributed by atoms with Crippen molar-refractivity contribution in [3.63, 3.8) is 0 Å². The van der Waals surface area contributed by atoms with Crippen LogP contribution < -0.4 is 5.73 Å². The molecule has 5 atom stereocenters. The van der Waals surface area contributed by atoms with Gasteiger partial charge in [0.1, 0.15) is 5.60 Å². The SMILES string of the molecule is C[C@]12CCC3C4=C(C=C(N)CC4)CCC3C1CC1(CC1)[C@@]21C=CC(=O)O1. The van der Waals surface area contributed by atoms with Gasteiger partial charge in [-0.15, -0.1) is 0 Å². The number of carbonyl (C=O) groups is 1. The van der Waals surface area contributed by atoms with Gasteiger partial charge in [-0.2, -0.15) is 0 Å². The topological polar surface area (TPSA) is 52.3 Å². The summed E-state index contributed by atoms with van der Waals surface area (Å²) in [6.07, 6.45) is 17.1. The Morgan fingerprint density at radius 1 is 1.15 bits per heavy atom. The fourth-order valence-corrected chi connectivity index (χ4v) is 8.00. The Bertz CT molecular complexity index is 801. The van der Waals surface area contributed by atoms with Crippen molar-refractivity contribution >= 4 is 5.97 Å². The highest BCUT2D eigenvalue weighted by Crippen LogP contribution is 2.78. The predicted octanol–water partition coefficient (Wildman–Crippen LogP) is 4.40. The first-order valence-corrected chi connectivity index (χ1v) is 10.6. The van der Waals surface area contributed by atoms with E-state index in [-0.39, 0.29) is 22.4 Å². The lowest BCUT2D eigenvalue weighted by Gasteiger charge is -2.54. The van der Waals surface area contributed by atoms with E-state index in [1.807, 2.05) is 0 Å². The van der Waals surface area contributed by atoms with Crippen LogP contribution in [0.2, 0.25) is 0 Å². The summed E-state index contributed by atoms with van der Waals surface area (Å²) in [6, 6.07) is 0. The van der Waals surface area contributed by atoms with Crippen LogP contribution in [0.1, 0.15) is 64.7 Å². The Morgan fingerprint density at radius 3 is 2.73 bits per heavy atom. The fraction of sp³-hybridized carbons (Fsp3) is 0.696. The number of nitrogens with two attached hydrogens (primary N) is 1. The highest BCUT2D eigenvalue weighted by Gasteiger charge is 2.77. The van der Waals surface area contributed by atoms with Crippen LogP contribution in [0.3, 0.4) is 0 Å². The van der Waals surface area contributed by atoms with Gasteiger partial charge in [-0.1, -0.05) is 12.5 Å². The van der Waals surface area contributed by atoms with Crippen LogP contribution in [0.4, 0.5) is 0 Å². The number of fused-ring (bicyclic) bond motifs is 6. The van der Waals surface area contributed by atoms with Crippen LogP contribution in [-0.2, 0) is 9.53 Å². The minimum atomic E-state index is -0.307. The van der Waals surface area contributed by atoms with Crippen LogP contribution in [0.5, 0.6) is 0 Å². The second kappa shape index (κ2) is 4.66. The van der Waals surface area contributed by atoms with Gasteiger partial charge in [-0.3, -0.25) is 0 Å². The summed E-state index contributed by atoms with van der Waals surface area (Å²) in [4.78, 5) is 12.1. The summed E-state index contributed by atoms with van der Waals surface area (Å²) in [5.74, 6) is 2.09. The van der Waals surface area contributed by atoms with Crippen molar-refractivity contribution in [2.24, 2.45) is 34.3 Å². The van der Waals surface area contributed by atoms with Gasteiger partial charge in [0.25, 0.3) is 0 Å². The summed E-state index contributed by atoms with van der Waals surface area (Å²) in [7, 11) is 0. The minimum Gasteiger partial charge on any atom is -0.450 e. The summed E-state index contributed by atoms with van der Waals surface area (Å²) >= 11 is 0. The van der Waals surface area contributed by atoms with Crippen LogP contribution in [0, 0.1) is 28.6 Å². The summed E-state index contributed by atoms with van der Waals surface area (Å²) in [5.41, 5.74) is 10.5. The molecule has 0 aromatic heterocycles. The first-order chi connectivity index (χ1) is 12.5. The van der Waals surface area contributed by atoms with E-state index < -0.39 is 0 Å². The molecule has 3 heteroatoms. The first-order valence-electron chi connectivity index (χ1n) is 10.6. The Kier molecular flexibility index (Phi) is 2.79. The van der Waals surface area contributed by atoms with Crippen molar-refractivity contribution in [2.75, 3.05) is 0 Å². The number of esters is 1. The summed E-state index contributed by atoms with van der Waals surface area (Å²) in [6.45, 7) is 2.45. The van der Waals surface area contributed by atoms with Gasteiger partial charge < -0.3 is 10.5 Å². The molecule has 0 amide bonds. The lowest BCUT2D eigenvalue weighted by Crippen LogP contribution is -2.53. The Labute approximate surface area is 155 Å². The number of ether oxygens (including phenoxy) is 1. The van der Waals surface area contributed by atoms with Gasteiger partial charge in [0.15, 0.2) is 0 Å². The molecule has 0 radical (unpaired) electrons. The number of carbonyl (C=O) groups excluding carboxylic acids is 1. The molecule has 3 saturated carbocycles. The van der Waals surface area contributed by atoms with Crippen molar-refractivity contribution in [2.45, 2.75) is 70.3 Å². The van der Waals surface area contributed by atoms with E-state index in [0.29, 0.717) is 5.92 Å². The molecule has 2 N–H and O–H groups in total. The van der Waals surface area contributed by atoms with Crippen molar-refractivity contribution in [1.29, 1.82) is 0 Å². The summed E-state index contributed by atoms with van der Waals surface area (Å²) < 4.78 is 6.17. The van der Waals surface area contributed by atoms with Crippen LogP contribution in [0.25, 0.3) is 0 Å². The van der Waals surface area contributed by atoms with E-state index in [4.69, 9.17) is 10.5 Å².